The van der Waals surface area contributed by atoms with Gasteiger partial charge in [0, 0.05) is 0 Å². The van der Waals surface area contributed by atoms with Crippen LogP contribution in [0.3, 0.4) is 0 Å². The zero-order valence-corrected chi connectivity index (χ0v) is 14.3. The minimum absolute atomic E-state index is 0.226. The first-order valence-electron chi connectivity index (χ1n) is 7.06. The summed E-state index contributed by atoms with van der Waals surface area (Å²) < 4.78 is 0. The predicted molar refractivity (Wildman–Crippen MR) is 96.9 cm³/mol. The third kappa shape index (κ3) is 3.32. The third-order valence-corrected chi connectivity index (χ3v) is 5.06. The van der Waals surface area contributed by atoms with Gasteiger partial charge in [-0.25, -0.2) is 9.97 Å². The van der Waals surface area contributed by atoms with Crippen molar-refractivity contribution in [3.8, 4) is 6.07 Å². The van der Waals surface area contributed by atoms with E-state index >= 15 is 0 Å². The van der Waals surface area contributed by atoms with Crippen LogP contribution in [-0.2, 0) is 4.79 Å². The van der Waals surface area contributed by atoms with Crippen molar-refractivity contribution >= 4 is 50.7 Å². The predicted octanol–water partition coefficient (Wildman–Crippen LogP) is 3.26. The lowest BCUT2D eigenvalue weighted by Crippen LogP contribution is -2.23. The Morgan fingerprint density at radius 1 is 1.38 bits per heavy atom. The Bertz CT molecular complexity index is 947. The fourth-order valence-corrected chi connectivity index (χ4v) is 3.65. The van der Waals surface area contributed by atoms with Gasteiger partial charge in [-0.15, -0.1) is 11.3 Å². The molecule has 3 N–H and O–H groups in total. The second kappa shape index (κ2) is 6.86. The van der Waals surface area contributed by atoms with E-state index in [1.165, 1.54) is 23.1 Å². The van der Waals surface area contributed by atoms with Gasteiger partial charge in [-0.2, -0.15) is 5.26 Å². The summed E-state index contributed by atoms with van der Waals surface area (Å²) in [5, 5.41) is 14.6. The number of carbonyl (C=O) groups is 1. The first kappa shape index (κ1) is 16.2. The van der Waals surface area contributed by atoms with E-state index in [0.29, 0.717) is 22.2 Å². The van der Waals surface area contributed by atoms with Gasteiger partial charge in [-0.1, -0.05) is 23.9 Å². The molecule has 2 aromatic heterocycles. The summed E-state index contributed by atoms with van der Waals surface area (Å²) in [7, 11) is 0. The van der Waals surface area contributed by atoms with Crippen LogP contribution in [0.5, 0.6) is 0 Å². The van der Waals surface area contributed by atoms with Crippen molar-refractivity contribution < 1.29 is 4.79 Å². The molecule has 1 amide bonds. The van der Waals surface area contributed by atoms with E-state index in [9.17, 15) is 4.79 Å². The Kier molecular flexibility index (Phi) is 4.64. The number of nitrogen functional groups attached to an aromatic ring is 1. The molecule has 120 valence electrons. The van der Waals surface area contributed by atoms with Gasteiger partial charge in [-0.3, -0.25) is 4.79 Å². The van der Waals surface area contributed by atoms with E-state index in [-0.39, 0.29) is 5.91 Å². The second-order valence-corrected chi connectivity index (χ2v) is 7.14. The number of anilines is 2. The molecule has 1 atom stereocenters. The summed E-state index contributed by atoms with van der Waals surface area (Å²) in [6.07, 6.45) is 0. The van der Waals surface area contributed by atoms with Gasteiger partial charge in [0.15, 0.2) is 5.16 Å². The zero-order chi connectivity index (χ0) is 17.1. The lowest BCUT2D eigenvalue weighted by molar-refractivity contribution is -0.115. The van der Waals surface area contributed by atoms with Crippen LogP contribution in [0.25, 0.3) is 10.2 Å². The summed E-state index contributed by atoms with van der Waals surface area (Å²) >= 11 is 2.70. The number of rotatable bonds is 4. The maximum Gasteiger partial charge on any atom is 0.237 e. The number of nitriles is 1. The summed E-state index contributed by atoms with van der Waals surface area (Å²) in [5.41, 5.74) is 6.83. The van der Waals surface area contributed by atoms with Crippen LogP contribution in [0.4, 0.5) is 11.5 Å². The van der Waals surface area contributed by atoms with Crippen LogP contribution >= 0.6 is 23.1 Å². The number of hydrogen-bond donors (Lipinski definition) is 2. The Balaban J connectivity index is 1.75. The number of nitrogens with one attached hydrogen (secondary N) is 1. The highest BCUT2D eigenvalue weighted by Gasteiger charge is 2.18. The summed E-state index contributed by atoms with van der Waals surface area (Å²) in [6, 6.07) is 10.8. The Labute approximate surface area is 146 Å². The monoisotopic (exact) mass is 355 g/mol. The minimum atomic E-state index is -0.437. The lowest BCUT2D eigenvalue weighted by atomic mass is 10.2. The molecule has 0 radical (unpaired) electrons. The zero-order valence-electron chi connectivity index (χ0n) is 12.7. The molecule has 24 heavy (non-hydrogen) atoms. The molecular formula is C16H13N5OS2. The summed E-state index contributed by atoms with van der Waals surface area (Å²) in [6.45, 7) is 1.76. The highest BCUT2D eigenvalue weighted by Crippen LogP contribution is 2.28. The smallest absolute Gasteiger partial charge is 0.237 e. The van der Waals surface area contributed by atoms with Crippen molar-refractivity contribution in [3.63, 3.8) is 0 Å². The highest BCUT2D eigenvalue weighted by atomic mass is 32.2. The molecule has 0 unspecified atom stereocenters. The van der Waals surface area contributed by atoms with Crippen molar-refractivity contribution in [2.75, 3.05) is 11.1 Å². The van der Waals surface area contributed by atoms with E-state index in [1.54, 1.807) is 31.2 Å². The van der Waals surface area contributed by atoms with Crippen molar-refractivity contribution in [2.45, 2.75) is 17.3 Å². The maximum atomic E-state index is 12.4. The fourth-order valence-electron chi connectivity index (χ4n) is 2.05. The topological polar surface area (TPSA) is 105 Å². The number of nitrogens with zero attached hydrogens (tertiary/aromatic N) is 3. The van der Waals surface area contributed by atoms with Gasteiger partial charge in [0.2, 0.25) is 5.91 Å². The Morgan fingerprint density at radius 2 is 2.17 bits per heavy atom. The number of thioether (sulfide) groups is 1. The standard InChI is InChI=1S/C16H13N5OS2/c1-9(14(22)19-12-5-3-2-4-10(12)8-17)24-16-20-13(18)11-6-7-23-15(11)21-16/h2-7,9H,1H3,(H,19,22)(H2,18,20,21)/t9-/m1/s1. The van der Waals surface area contributed by atoms with Gasteiger partial charge in [0.05, 0.1) is 21.9 Å². The van der Waals surface area contributed by atoms with Gasteiger partial charge in [0.1, 0.15) is 16.7 Å². The number of hydrogen-bond acceptors (Lipinski definition) is 7. The summed E-state index contributed by atoms with van der Waals surface area (Å²) in [4.78, 5) is 21.8. The molecular weight excluding hydrogens is 342 g/mol. The molecule has 0 aliphatic heterocycles. The lowest BCUT2D eigenvalue weighted by Gasteiger charge is -2.12. The summed E-state index contributed by atoms with van der Waals surface area (Å²) in [5.74, 6) is 0.183. The van der Waals surface area contributed by atoms with Crippen molar-refractivity contribution in [3.05, 3.63) is 41.3 Å². The molecule has 0 bridgehead atoms. The van der Waals surface area contributed by atoms with E-state index in [2.05, 4.69) is 21.4 Å². The fraction of sp³-hybridized carbons (Fsp3) is 0.125. The molecule has 8 heteroatoms. The number of para-hydroxylation sites is 1. The van der Waals surface area contributed by atoms with Crippen molar-refractivity contribution in [1.29, 1.82) is 5.26 Å². The number of nitrogens with two attached hydrogens (primary N) is 1. The third-order valence-electron chi connectivity index (χ3n) is 3.29. The number of carbonyl (C=O) groups excluding carboxylic acids is 1. The van der Waals surface area contributed by atoms with Crippen LogP contribution in [-0.4, -0.2) is 21.1 Å². The van der Waals surface area contributed by atoms with Crippen LogP contribution in [0, 0.1) is 11.3 Å². The molecule has 2 heterocycles. The van der Waals surface area contributed by atoms with Crippen molar-refractivity contribution in [2.24, 2.45) is 0 Å². The number of benzene rings is 1. The Morgan fingerprint density at radius 3 is 2.96 bits per heavy atom. The quantitative estimate of drug-likeness (QED) is 0.550. The number of fused-ring (bicyclic) bond motifs is 1. The molecule has 3 rings (SSSR count). The molecule has 0 saturated carbocycles. The molecule has 0 saturated heterocycles. The van der Waals surface area contributed by atoms with Gasteiger partial charge >= 0.3 is 0 Å². The largest absolute Gasteiger partial charge is 0.383 e. The number of amides is 1. The average Bonchev–Trinajstić information content (AvgIpc) is 3.04. The maximum absolute atomic E-state index is 12.4. The van der Waals surface area contributed by atoms with Crippen LogP contribution in [0.1, 0.15) is 12.5 Å². The molecule has 0 spiro atoms. The second-order valence-electron chi connectivity index (χ2n) is 4.94. The first-order chi connectivity index (χ1) is 11.6. The molecule has 3 aromatic rings. The molecule has 0 fully saturated rings. The van der Waals surface area contributed by atoms with E-state index in [0.717, 1.165) is 10.2 Å². The number of aromatic nitrogens is 2. The number of thiophene rings is 1. The van der Waals surface area contributed by atoms with Gasteiger partial charge in [0.25, 0.3) is 0 Å². The Hall–Kier alpha value is -2.63. The van der Waals surface area contributed by atoms with Crippen LogP contribution in [0.15, 0.2) is 40.9 Å². The molecule has 0 aliphatic rings. The van der Waals surface area contributed by atoms with Gasteiger partial charge in [-0.05, 0) is 30.5 Å². The van der Waals surface area contributed by atoms with E-state index in [1.807, 2.05) is 11.4 Å². The average molecular weight is 355 g/mol. The van der Waals surface area contributed by atoms with E-state index in [4.69, 9.17) is 11.0 Å². The highest BCUT2D eigenvalue weighted by molar-refractivity contribution is 8.00. The van der Waals surface area contributed by atoms with Gasteiger partial charge < -0.3 is 11.1 Å². The minimum Gasteiger partial charge on any atom is -0.383 e. The normalized spacial score (nSPS) is 11.8. The van der Waals surface area contributed by atoms with Crippen LogP contribution < -0.4 is 11.1 Å². The van der Waals surface area contributed by atoms with E-state index < -0.39 is 5.25 Å². The molecule has 0 aliphatic carbocycles. The molecule has 1 aromatic carbocycles. The van der Waals surface area contributed by atoms with Crippen molar-refractivity contribution in [1.82, 2.24) is 9.97 Å². The first-order valence-corrected chi connectivity index (χ1v) is 8.82. The van der Waals surface area contributed by atoms with Crippen LogP contribution in [0.2, 0.25) is 0 Å². The molecule has 6 nitrogen and oxygen atoms in total. The SMILES string of the molecule is C[C@@H](Sc1nc(N)c2ccsc2n1)C(=O)Nc1ccccc1C#N.